The van der Waals surface area contributed by atoms with Gasteiger partial charge in [-0.15, -0.1) is 0 Å². The number of carbonyl (C=O) groups is 1. The molecule has 1 N–H and O–H groups in total. The van der Waals surface area contributed by atoms with Gasteiger partial charge in [0.2, 0.25) is 0 Å². The summed E-state index contributed by atoms with van der Waals surface area (Å²) in [5.41, 5.74) is 1.73. The molecule has 0 unspecified atom stereocenters. The van der Waals surface area contributed by atoms with E-state index in [9.17, 15) is 4.79 Å². The van der Waals surface area contributed by atoms with Gasteiger partial charge in [-0.25, -0.2) is 0 Å². The Morgan fingerprint density at radius 1 is 1.10 bits per heavy atom. The summed E-state index contributed by atoms with van der Waals surface area (Å²) in [5, 5.41) is 3.00. The summed E-state index contributed by atoms with van der Waals surface area (Å²) in [6, 6.07) is 17.1. The average molecular weight is 283 g/mol. The van der Waals surface area contributed by atoms with E-state index >= 15 is 0 Å². The van der Waals surface area contributed by atoms with Crippen LogP contribution in [0.3, 0.4) is 0 Å². The van der Waals surface area contributed by atoms with Crippen molar-refractivity contribution < 1.29 is 9.53 Å². The van der Waals surface area contributed by atoms with E-state index in [1.165, 1.54) is 0 Å². The predicted molar refractivity (Wildman–Crippen MR) is 84.6 cm³/mol. The molecule has 0 saturated heterocycles. The average Bonchev–Trinajstić information content (AvgIpc) is 2.54. The minimum atomic E-state index is -0.0756. The van der Waals surface area contributed by atoms with E-state index < -0.39 is 0 Å². The minimum Gasteiger partial charge on any atom is -0.494 e. The topological polar surface area (TPSA) is 38.3 Å². The second kappa shape index (κ2) is 7.48. The van der Waals surface area contributed by atoms with Crippen LogP contribution in [0.2, 0.25) is 0 Å². The highest BCUT2D eigenvalue weighted by atomic mass is 16.5. The summed E-state index contributed by atoms with van der Waals surface area (Å²) in [6.07, 6.45) is 0.969. The van der Waals surface area contributed by atoms with Gasteiger partial charge in [-0.3, -0.25) is 4.79 Å². The van der Waals surface area contributed by atoms with Gasteiger partial charge in [-0.05, 0) is 43.2 Å². The van der Waals surface area contributed by atoms with Gasteiger partial charge in [0, 0.05) is 5.56 Å². The molecule has 3 heteroatoms. The summed E-state index contributed by atoms with van der Waals surface area (Å²) in [7, 11) is 0. The van der Waals surface area contributed by atoms with Crippen molar-refractivity contribution in [1.82, 2.24) is 5.32 Å². The number of rotatable bonds is 6. The summed E-state index contributed by atoms with van der Waals surface area (Å²) >= 11 is 0. The first kappa shape index (κ1) is 15.1. The molecule has 0 aliphatic carbocycles. The normalized spacial score (nSPS) is 11.7. The molecule has 0 spiro atoms. The third-order valence-corrected chi connectivity index (χ3v) is 3.24. The summed E-state index contributed by atoms with van der Waals surface area (Å²) in [4.78, 5) is 12.2. The first-order chi connectivity index (χ1) is 10.2. The SMILES string of the molecule is CCCOc1ccc(C(=O)N[C@H](C)c2ccccc2)cc1. The quantitative estimate of drug-likeness (QED) is 0.871. The van der Waals surface area contributed by atoms with Crippen LogP contribution in [0, 0.1) is 0 Å². The van der Waals surface area contributed by atoms with Gasteiger partial charge in [0.05, 0.1) is 12.6 Å². The highest BCUT2D eigenvalue weighted by molar-refractivity contribution is 5.94. The first-order valence-electron chi connectivity index (χ1n) is 7.29. The fraction of sp³-hybridized carbons (Fsp3) is 0.278. The van der Waals surface area contributed by atoms with Gasteiger partial charge in [-0.1, -0.05) is 37.3 Å². The minimum absolute atomic E-state index is 0.0188. The molecule has 3 nitrogen and oxygen atoms in total. The maximum Gasteiger partial charge on any atom is 0.251 e. The number of ether oxygens (including phenoxy) is 1. The van der Waals surface area contributed by atoms with Crippen LogP contribution in [-0.2, 0) is 0 Å². The molecule has 2 aromatic carbocycles. The van der Waals surface area contributed by atoms with Crippen molar-refractivity contribution in [2.45, 2.75) is 26.3 Å². The molecular formula is C18H21NO2. The molecule has 2 rings (SSSR count). The Hall–Kier alpha value is -2.29. The Bertz CT molecular complexity index is 564. The largest absolute Gasteiger partial charge is 0.494 e. The Morgan fingerprint density at radius 3 is 2.38 bits per heavy atom. The van der Waals surface area contributed by atoms with Crippen molar-refractivity contribution >= 4 is 5.91 Å². The second-order valence-corrected chi connectivity index (χ2v) is 4.98. The van der Waals surface area contributed by atoms with E-state index in [4.69, 9.17) is 4.74 Å². The van der Waals surface area contributed by atoms with Gasteiger partial charge in [0.25, 0.3) is 5.91 Å². The molecule has 0 aliphatic heterocycles. The maximum absolute atomic E-state index is 12.2. The molecule has 0 radical (unpaired) electrons. The lowest BCUT2D eigenvalue weighted by Gasteiger charge is -2.14. The molecule has 0 fully saturated rings. The Kier molecular flexibility index (Phi) is 5.38. The molecule has 0 bridgehead atoms. The molecule has 0 aromatic heterocycles. The van der Waals surface area contributed by atoms with Crippen molar-refractivity contribution in [3.63, 3.8) is 0 Å². The fourth-order valence-electron chi connectivity index (χ4n) is 2.03. The van der Waals surface area contributed by atoms with Crippen molar-refractivity contribution in [3.05, 3.63) is 65.7 Å². The Balaban J connectivity index is 1.97. The van der Waals surface area contributed by atoms with Gasteiger partial charge in [0.1, 0.15) is 5.75 Å². The Labute approximate surface area is 126 Å². The van der Waals surface area contributed by atoms with E-state index in [1.807, 2.05) is 49.4 Å². The smallest absolute Gasteiger partial charge is 0.251 e. The fourth-order valence-corrected chi connectivity index (χ4v) is 2.03. The summed E-state index contributed by atoms with van der Waals surface area (Å²) < 4.78 is 5.51. The highest BCUT2D eigenvalue weighted by Crippen LogP contribution is 2.15. The first-order valence-corrected chi connectivity index (χ1v) is 7.29. The van der Waals surface area contributed by atoms with Crippen LogP contribution in [0.15, 0.2) is 54.6 Å². The van der Waals surface area contributed by atoms with E-state index in [-0.39, 0.29) is 11.9 Å². The third-order valence-electron chi connectivity index (χ3n) is 3.24. The van der Waals surface area contributed by atoms with E-state index in [1.54, 1.807) is 12.1 Å². The third kappa shape index (κ3) is 4.35. The molecule has 2 aromatic rings. The highest BCUT2D eigenvalue weighted by Gasteiger charge is 2.11. The molecule has 21 heavy (non-hydrogen) atoms. The van der Waals surface area contributed by atoms with Gasteiger partial charge >= 0.3 is 0 Å². The number of amides is 1. The van der Waals surface area contributed by atoms with Crippen molar-refractivity contribution in [1.29, 1.82) is 0 Å². The van der Waals surface area contributed by atoms with Crippen LogP contribution < -0.4 is 10.1 Å². The van der Waals surface area contributed by atoms with Gasteiger partial charge in [-0.2, -0.15) is 0 Å². The molecule has 0 aliphatic rings. The molecule has 110 valence electrons. The standard InChI is InChI=1S/C18H21NO2/c1-3-13-21-17-11-9-16(10-12-17)18(20)19-14(2)15-7-5-4-6-8-15/h4-12,14H,3,13H2,1-2H3,(H,19,20)/t14-/m1/s1. The number of benzene rings is 2. The van der Waals surface area contributed by atoms with Crippen molar-refractivity contribution in [3.8, 4) is 5.75 Å². The van der Waals surface area contributed by atoms with Crippen LogP contribution in [0.1, 0.15) is 42.2 Å². The van der Waals surface area contributed by atoms with Gasteiger partial charge < -0.3 is 10.1 Å². The van der Waals surface area contributed by atoms with Crippen LogP contribution in [0.4, 0.5) is 0 Å². The summed E-state index contributed by atoms with van der Waals surface area (Å²) in [6.45, 7) is 4.73. The second-order valence-electron chi connectivity index (χ2n) is 4.98. The molecule has 1 atom stereocenters. The lowest BCUT2D eigenvalue weighted by molar-refractivity contribution is 0.0940. The zero-order valence-electron chi connectivity index (χ0n) is 12.5. The maximum atomic E-state index is 12.2. The van der Waals surface area contributed by atoms with Crippen molar-refractivity contribution in [2.75, 3.05) is 6.61 Å². The number of carbonyl (C=O) groups excluding carboxylic acids is 1. The number of hydrogen-bond donors (Lipinski definition) is 1. The van der Waals surface area contributed by atoms with E-state index in [2.05, 4.69) is 12.2 Å². The molecular weight excluding hydrogens is 262 g/mol. The zero-order chi connectivity index (χ0) is 15.1. The van der Waals surface area contributed by atoms with Crippen molar-refractivity contribution in [2.24, 2.45) is 0 Å². The summed E-state index contributed by atoms with van der Waals surface area (Å²) in [5.74, 6) is 0.720. The monoisotopic (exact) mass is 283 g/mol. The Morgan fingerprint density at radius 2 is 1.76 bits per heavy atom. The van der Waals surface area contributed by atoms with Crippen LogP contribution in [0.25, 0.3) is 0 Å². The zero-order valence-corrected chi connectivity index (χ0v) is 12.5. The predicted octanol–water partition coefficient (Wildman–Crippen LogP) is 3.97. The lowest BCUT2D eigenvalue weighted by atomic mass is 10.1. The van der Waals surface area contributed by atoms with E-state index in [0.717, 1.165) is 17.7 Å². The number of hydrogen-bond acceptors (Lipinski definition) is 2. The van der Waals surface area contributed by atoms with Crippen LogP contribution >= 0.6 is 0 Å². The molecule has 1 amide bonds. The lowest BCUT2D eigenvalue weighted by Crippen LogP contribution is -2.26. The molecule has 0 heterocycles. The van der Waals surface area contributed by atoms with E-state index in [0.29, 0.717) is 12.2 Å². The van der Waals surface area contributed by atoms with Gasteiger partial charge in [0.15, 0.2) is 0 Å². The number of nitrogens with one attached hydrogen (secondary N) is 1. The van der Waals surface area contributed by atoms with Crippen LogP contribution in [-0.4, -0.2) is 12.5 Å². The van der Waals surface area contributed by atoms with Crippen LogP contribution in [0.5, 0.6) is 5.75 Å². The molecule has 0 saturated carbocycles.